The van der Waals surface area contributed by atoms with E-state index in [1.807, 2.05) is 6.07 Å². The summed E-state index contributed by atoms with van der Waals surface area (Å²) >= 11 is 1.72. The van der Waals surface area contributed by atoms with Gasteiger partial charge in [-0.2, -0.15) is 11.8 Å². The van der Waals surface area contributed by atoms with E-state index >= 15 is 0 Å². The first-order chi connectivity index (χ1) is 10.7. The lowest BCUT2D eigenvalue weighted by Crippen LogP contribution is -2.25. The second kappa shape index (κ2) is 6.29. The Morgan fingerprint density at radius 2 is 2.32 bits per heavy atom. The first-order valence-corrected chi connectivity index (χ1v) is 8.07. The highest BCUT2D eigenvalue weighted by Gasteiger charge is 2.32. The van der Waals surface area contributed by atoms with Gasteiger partial charge in [0.1, 0.15) is 6.10 Å². The number of rotatable bonds is 3. The third-order valence-electron chi connectivity index (χ3n) is 3.65. The molecular weight excluding hydrogens is 304 g/mol. The molecule has 0 saturated carbocycles. The Hall–Kier alpha value is -2.18. The number of fused-ring (bicyclic) bond motifs is 1. The van der Waals surface area contributed by atoms with Crippen molar-refractivity contribution >= 4 is 29.3 Å². The van der Waals surface area contributed by atoms with Crippen molar-refractivity contribution in [2.24, 2.45) is 5.11 Å². The molecule has 2 aliphatic rings. The minimum atomic E-state index is -0.453. The summed E-state index contributed by atoms with van der Waals surface area (Å²) < 4.78 is 5.17. The number of anilines is 1. The standard InChI is InChI=1S/C14H14N4O3S/c15-17-16-6-11-7-18(14(20)21-11)10-1-2-12-9(5-10)8-22-4-3-13(12)19/h1-2,5,11H,3-4,6-8H2. The van der Waals surface area contributed by atoms with Gasteiger partial charge in [0.15, 0.2) is 5.78 Å². The predicted octanol–water partition coefficient (Wildman–Crippen LogP) is 3.14. The molecule has 114 valence electrons. The van der Waals surface area contributed by atoms with Crippen LogP contribution >= 0.6 is 11.8 Å². The molecule has 0 aliphatic carbocycles. The molecule has 1 unspecified atom stereocenters. The molecule has 0 aromatic heterocycles. The number of thioether (sulfide) groups is 1. The molecule has 1 aromatic rings. The SMILES string of the molecule is [N-]=[N+]=NCC1CN(c2ccc3c(c2)CSCCC3=O)C(=O)O1. The van der Waals surface area contributed by atoms with E-state index in [1.54, 1.807) is 23.9 Å². The van der Waals surface area contributed by atoms with Gasteiger partial charge in [0.2, 0.25) is 0 Å². The monoisotopic (exact) mass is 318 g/mol. The Bertz CT molecular complexity index is 672. The van der Waals surface area contributed by atoms with Crippen molar-refractivity contribution < 1.29 is 14.3 Å². The van der Waals surface area contributed by atoms with E-state index in [0.717, 1.165) is 22.6 Å². The van der Waals surface area contributed by atoms with Crippen molar-refractivity contribution in [1.29, 1.82) is 0 Å². The number of amides is 1. The summed E-state index contributed by atoms with van der Waals surface area (Å²) in [4.78, 5) is 28.1. The zero-order valence-electron chi connectivity index (χ0n) is 11.8. The van der Waals surface area contributed by atoms with Crippen molar-refractivity contribution in [3.8, 4) is 0 Å². The number of benzene rings is 1. The number of hydrogen-bond donors (Lipinski definition) is 0. The highest BCUT2D eigenvalue weighted by Crippen LogP contribution is 2.29. The molecule has 1 fully saturated rings. The van der Waals surface area contributed by atoms with Crippen LogP contribution in [0.3, 0.4) is 0 Å². The van der Waals surface area contributed by atoms with E-state index in [0.29, 0.717) is 18.7 Å². The summed E-state index contributed by atoms with van der Waals surface area (Å²) in [5.74, 6) is 1.74. The topological polar surface area (TPSA) is 95.4 Å². The predicted molar refractivity (Wildman–Crippen MR) is 83.2 cm³/mol. The van der Waals surface area contributed by atoms with Gasteiger partial charge in [-0.05, 0) is 29.3 Å². The number of cyclic esters (lactones) is 1. The van der Waals surface area contributed by atoms with Crippen LogP contribution in [0.25, 0.3) is 10.4 Å². The van der Waals surface area contributed by atoms with Crippen LogP contribution in [0.4, 0.5) is 10.5 Å². The van der Waals surface area contributed by atoms with E-state index in [2.05, 4.69) is 10.0 Å². The average molecular weight is 318 g/mol. The lowest BCUT2D eigenvalue weighted by Gasteiger charge is -2.15. The van der Waals surface area contributed by atoms with Gasteiger partial charge in [0.05, 0.1) is 13.1 Å². The first kappa shape index (κ1) is 14.7. The summed E-state index contributed by atoms with van der Waals surface area (Å²) in [5.41, 5.74) is 10.7. The molecule has 2 aliphatic heterocycles. The molecule has 0 spiro atoms. The van der Waals surface area contributed by atoms with Gasteiger partial charge >= 0.3 is 6.09 Å². The molecule has 7 nitrogen and oxygen atoms in total. The van der Waals surface area contributed by atoms with E-state index in [4.69, 9.17) is 10.3 Å². The van der Waals surface area contributed by atoms with Crippen LogP contribution < -0.4 is 4.90 Å². The largest absolute Gasteiger partial charge is 0.444 e. The number of carbonyl (C=O) groups is 2. The summed E-state index contributed by atoms with van der Waals surface area (Å²) in [6.45, 7) is 0.468. The highest BCUT2D eigenvalue weighted by molar-refractivity contribution is 7.98. The minimum absolute atomic E-state index is 0.123. The van der Waals surface area contributed by atoms with Gasteiger partial charge in [-0.25, -0.2) is 4.79 Å². The number of ketones is 1. The fourth-order valence-electron chi connectivity index (χ4n) is 2.58. The summed E-state index contributed by atoms with van der Waals surface area (Å²) in [6.07, 6.45) is -0.333. The maximum absolute atomic E-state index is 12.0. The fraction of sp³-hybridized carbons (Fsp3) is 0.429. The van der Waals surface area contributed by atoms with E-state index < -0.39 is 12.2 Å². The van der Waals surface area contributed by atoms with Crippen LogP contribution in [0, 0.1) is 0 Å². The number of ether oxygens (including phenoxy) is 1. The molecular formula is C14H14N4O3S. The summed E-state index contributed by atoms with van der Waals surface area (Å²) in [5, 5.41) is 3.44. The molecule has 8 heteroatoms. The molecule has 1 aromatic carbocycles. The molecule has 0 radical (unpaired) electrons. The Morgan fingerprint density at radius 1 is 1.45 bits per heavy atom. The van der Waals surface area contributed by atoms with Crippen LogP contribution in [0.1, 0.15) is 22.3 Å². The number of azide groups is 1. The minimum Gasteiger partial charge on any atom is -0.444 e. The van der Waals surface area contributed by atoms with Crippen molar-refractivity contribution in [3.63, 3.8) is 0 Å². The van der Waals surface area contributed by atoms with Crippen molar-refractivity contribution in [1.82, 2.24) is 0 Å². The maximum Gasteiger partial charge on any atom is 0.414 e. The van der Waals surface area contributed by atoms with Crippen molar-refractivity contribution in [2.45, 2.75) is 18.3 Å². The van der Waals surface area contributed by atoms with Crippen LogP contribution in [-0.2, 0) is 10.5 Å². The third-order valence-corrected chi connectivity index (χ3v) is 4.66. The highest BCUT2D eigenvalue weighted by atomic mass is 32.2. The van der Waals surface area contributed by atoms with E-state index in [-0.39, 0.29) is 12.3 Å². The Morgan fingerprint density at radius 3 is 3.14 bits per heavy atom. The van der Waals surface area contributed by atoms with Crippen LogP contribution in [0.2, 0.25) is 0 Å². The van der Waals surface area contributed by atoms with Gasteiger partial charge in [-0.15, -0.1) is 0 Å². The third kappa shape index (κ3) is 2.88. The lowest BCUT2D eigenvalue weighted by molar-refractivity contribution is 0.0989. The lowest BCUT2D eigenvalue weighted by atomic mass is 10.0. The van der Waals surface area contributed by atoms with Gasteiger partial charge < -0.3 is 4.74 Å². The molecule has 0 bridgehead atoms. The van der Waals surface area contributed by atoms with Crippen LogP contribution in [-0.4, -0.2) is 36.8 Å². The Labute approximate surface area is 131 Å². The zero-order chi connectivity index (χ0) is 15.5. The summed E-state index contributed by atoms with van der Waals surface area (Å²) in [6, 6.07) is 5.43. The molecule has 22 heavy (non-hydrogen) atoms. The fourth-order valence-corrected chi connectivity index (χ4v) is 3.51. The number of nitrogens with zero attached hydrogens (tertiary/aromatic N) is 4. The second-order valence-corrected chi connectivity index (χ2v) is 6.20. The molecule has 1 saturated heterocycles. The number of carbonyl (C=O) groups excluding carboxylic acids is 2. The van der Waals surface area contributed by atoms with Gasteiger partial charge in [-0.3, -0.25) is 9.69 Å². The molecule has 1 atom stereocenters. The average Bonchev–Trinajstić information content (AvgIpc) is 2.79. The van der Waals surface area contributed by atoms with Crippen LogP contribution in [0.5, 0.6) is 0 Å². The molecule has 3 rings (SSSR count). The zero-order valence-corrected chi connectivity index (χ0v) is 12.6. The molecule has 0 N–H and O–H groups in total. The number of hydrogen-bond acceptors (Lipinski definition) is 5. The Balaban J connectivity index is 1.83. The number of Topliss-reactive ketones (excluding diaryl/α,β-unsaturated/α-hetero) is 1. The van der Waals surface area contributed by atoms with Gasteiger partial charge in [-0.1, -0.05) is 5.11 Å². The van der Waals surface area contributed by atoms with Gasteiger partial charge in [0, 0.05) is 34.1 Å². The summed E-state index contributed by atoms with van der Waals surface area (Å²) in [7, 11) is 0. The normalized spacial score (nSPS) is 20.9. The van der Waals surface area contributed by atoms with E-state index in [1.165, 1.54) is 4.90 Å². The Kier molecular flexibility index (Phi) is 4.22. The van der Waals surface area contributed by atoms with Crippen LogP contribution in [0.15, 0.2) is 23.3 Å². The smallest absolute Gasteiger partial charge is 0.414 e. The quantitative estimate of drug-likeness (QED) is 0.486. The molecule has 2 heterocycles. The van der Waals surface area contributed by atoms with Crippen molar-refractivity contribution in [2.75, 3.05) is 23.7 Å². The van der Waals surface area contributed by atoms with Gasteiger partial charge in [0.25, 0.3) is 0 Å². The van der Waals surface area contributed by atoms with Crippen molar-refractivity contribution in [3.05, 3.63) is 39.8 Å². The maximum atomic E-state index is 12.0. The van der Waals surface area contributed by atoms with E-state index in [9.17, 15) is 9.59 Å². The molecule has 1 amide bonds. The first-order valence-electron chi connectivity index (χ1n) is 6.92. The second-order valence-electron chi connectivity index (χ2n) is 5.10.